The zero-order chi connectivity index (χ0) is 10.3. The molecule has 0 saturated carbocycles. The van der Waals surface area contributed by atoms with Crippen LogP contribution in [0.3, 0.4) is 0 Å². The first kappa shape index (κ1) is 12.0. The molecule has 1 unspecified atom stereocenters. The predicted molar refractivity (Wildman–Crippen MR) is 47.9 cm³/mol. The summed E-state index contributed by atoms with van der Waals surface area (Å²) in [6, 6.07) is 0. The second kappa shape index (κ2) is 6.48. The highest BCUT2D eigenvalue weighted by Crippen LogP contribution is 2.01. The number of hydrogen-bond donors (Lipinski definition) is 0. The lowest BCUT2D eigenvalue weighted by Crippen LogP contribution is -2.20. The van der Waals surface area contributed by atoms with E-state index in [9.17, 15) is 4.79 Å². The minimum absolute atomic E-state index is 0.00838. The van der Waals surface area contributed by atoms with Gasteiger partial charge >= 0.3 is 5.97 Å². The molecule has 0 aliphatic rings. The van der Waals surface area contributed by atoms with E-state index in [-0.39, 0.29) is 5.76 Å². The van der Waals surface area contributed by atoms with Crippen LogP contribution in [0, 0.1) is 0 Å². The van der Waals surface area contributed by atoms with E-state index < -0.39 is 12.3 Å². The van der Waals surface area contributed by atoms with Gasteiger partial charge in [0.25, 0.3) is 0 Å². The summed E-state index contributed by atoms with van der Waals surface area (Å²) in [5.41, 5.74) is 0. The maximum Gasteiger partial charge on any atom is 0.375 e. The number of ether oxygens (including phenoxy) is 3. The van der Waals surface area contributed by atoms with Gasteiger partial charge in [-0.3, -0.25) is 0 Å². The molecule has 0 aliphatic heterocycles. The predicted octanol–water partition coefficient (Wildman–Crippen LogP) is 1.46. The maximum atomic E-state index is 11.1. The summed E-state index contributed by atoms with van der Waals surface area (Å²) < 4.78 is 14.7. The Morgan fingerprint density at radius 1 is 1.38 bits per heavy atom. The first-order valence-corrected chi connectivity index (χ1v) is 4.26. The van der Waals surface area contributed by atoms with Crippen LogP contribution >= 0.6 is 0 Å². The number of carbonyl (C=O) groups excluding carboxylic acids is 1. The molecule has 0 spiro atoms. The van der Waals surface area contributed by atoms with Gasteiger partial charge in [-0.1, -0.05) is 0 Å². The Balaban J connectivity index is 3.78. The van der Waals surface area contributed by atoms with Crippen LogP contribution in [0.1, 0.15) is 20.8 Å². The van der Waals surface area contributed by atoms with Gasteiger partial charge in [-0.25, -0.2) is 4.79 Å². The summed E-state index contributed by atoms with van der Waals surface area (Å²) >= 11 is 0. The highest BCUT2D eigenvalue weighted by Gasteiger charge is 2.13. The van der Waals surface area contributed by atoms with Gasteiger partial charge in [0.2, 0.25) is 6.29 Å². The fraction of sp³-hybridized carbons (Fsp3) is 0.667. The quantitative estimate of drug-likeness (QED) is 0.274. The molecular formula is C9H16O4. The van der Waals surface area contributed by atoms with Gasteiger partial charge in [0.05, 0.1) is 6.61 Å². The van der Waals surface area contributed by atoms with Gasteiger partial charge in [-0.2, -0.15) is 0 Å². The second-order valence-corrected chi connectivity index (χ2v) is 2.28. The molecule has 0 rings (SSSR count). The summed E-state index contributed by atoms with van der Waals surface area (Å²) in [6.45, 7) is 9.53. The summed E-state index contributed by atoms with van der Waals surface area (Å²) in [5.74, 6) is -0.572. The van der Waals surface area contributed by atoms with Crippen molar-refractivity contribution >= 4 is 5.97 Å². The highest BCUT2D eigenvalue weighted by atomic mass is 16.7. The first-order valence-electron chi connectivity index (χ1n) is 4.26. The minimum Gasteiger partial charge on any atom is -0.487 e. The lowest BCUT2D eigenvalue weighted by molar-refractivity contribution is -0.172. The molecule has 0 bridgehead atoms. The molecule has 0 saturated heterocycles. The molecule has 0 aliphatic carbocycles. The zero-order valence-electron chi connectivity index (χ0n) is 8.33. The third-order valence-corrected chi connectivity index (χ3v) is 1.22. The normalized spacial score (nSPS) is 11.9. The maximum absolute atomic E-state index is 11.1. The van der Waals surface area contributed by atoms with E-state index in [2.05, 4.69) is 6.58 Å². The van der Waals surface area contributed by atoms with Crippen molar-refractivity contribution in [3.8, 4) is 0 Å². The number of hydrogen-bond acceptors (Lipinski definition) is 4. The lowest BCUT2D eigenvalue weighted by atomic mass is 10.5. The van der Waals surface area contributed by atoms with Gasteiger partial charge in [0.15, 0.2) is 5.76 Å². The molecule has 0 aromatic rings. The Kier molecular flexibility index (Phi) is 5.97. The van der Waals surface area contributed by atoms with Gasteiger partial charge in [-0.05, 0) is 27.4 Å². The summed E-state index contributed by atoms with van der Waals surface area (Å²) in [5, 5.41) is 0. The van der Waals surface area contributed by atoms with Crippen LogP contribution in [0.15, 0.2) is 12.3 Å². The van der Waals surface area contributed by atoms with E-state index in [4.69, 9.17) is 14.2 Å². The van der Waals surface area contributed by atoms with Crippen molar-refractivity contribution < 1.29 is 19.0 Å². The van der Waals surface area contributed by atoms with Crippen LogP contribution in [0.2, 0.25) is 0 Å². The summed E-state index contributed by atoms with van der Waals surface area (Å²) in [4.78, 5) is 11.1. The molecule has 0 heterocycles. The smallest absolute Gasteiger partial charge is 0.375 e. The number of rotatable bonds is 6. The third kappa shape index (κ3) is 5.25. The van der Waals surface area contributed by atoms with E-state index in [1.807, 2.05) is 6.92 Å². The Labute approximate surface area is 78.5 Å². The van der Waals surface area contributed by atoms with Crippen molar-refractivity contribution in [2.24, 2.45) is 0 Å². The molecule has 0 amide bonds. The molecule has 13 heavy (non-hydrogen) atoms. The van der Waals surface area contributed by atoms with Crippen molar-refractivity contribution in [1.82, 2.24) is 0 Å². The molecular weight excluding hydrogens is 172 g/mol. The summed E-state index contributed by atoms with van der Waals surface area (Å²) in [6.07, 6.45) is -0.560. The van der Waals surface area contributed by atoms with Crippen molar-refractivity contribution in [3.63, 3.8) is 0 Å². The Bertz CT molecular complexity index is 176. The van der Waals surface area contributed by atoms with Crippen LogP contribution in [-0.2, 0) is 19.0 Å². The molecule has 0 radical (unpaired) electrons. The molecule has 0 aromatic carbocycles. The molecule has 76 valence electrons. The Morgan fingerprint density at radius 3 is 2.46 bits per heavy atom. The van der Waals surface area contributed by atoms with E-state index in [1.54, 1.807) is 13.8 Å². The molecule has 1 atom stereocenters. The van der Waals surface area contributed by atoms with E-state index in [1.165, 1.54) is 0 Å². The SMILES string of the molecule is C=C(OCC)C(=O)OC(C)OCC. The van der Waals surface area contributed by atoms with E-state index in [0.717, 1.165) is 0 Å². The van der Waals surface area contributed by atoms with Crippen LogP contribution in [0.25, 0.3) is 0 Å². The molecule has 4 nitrogen and oxygen atoms in total. The zero-order valence-corrected chi connectivity index (χ0v) is 8.33. The fourth-order valence-corrected chi connectivity index (χ4v) is 0.718. The van der Waals surface area contributed by atoms with E-state index in [0.29, 0.717) is 13.2 Å². The average Bonchev–Trinajstić information content (AvgIpc) is 2.05. The van der Waals surface area contributed by atoms with Crippen LogP contribution < -0.4 is 0 Å². The minimum atomic E-state index is -0.581. The van der Waals surface area contributed by atoms with Crippen molar-refractivity contribution in [2.45, 2.75) is 27.1 Å². The second-order valence-electron chi connectivity index (χ2n) is 2.28. The summed E-state index contributed by atoms with van der Waals surface area (Å²) in [7, 11) is 0. The van der Waals surface area contributed by atoms with Crippen molar-refractivity contribution in [1.29, 1.82) is 0 Å². The van der Waals surface area contributed by atoms with Gasteiger partial charge in [0.1, 0.15) is 0 Å². The van der Waals surface area contributed by atoms with E-state index >= 15 is 0 Å². The molecule has 0 aromatic heterocycles. The average molecular weight is 188 g/mol. The molecule has 4 heteroatoms. The molecule has 0 N–H and O–H groups in total. The molecule has 0 fully saturated rings. The largest absolute Gasteiger partial charge is 0.487 e. The Hall–Kier alpha value is -1.03. The van der Waals surface area contributed by atoms with Gasteiger partial charge < -0.3 is 14.2 Å². The van der Waals surface area contributed by atoms with Crippen molar-refractivity contribution in [2.75, 3.05) is 13.2 Å². The van der Waals surface area contributed by atoms with Crippen LogP contribution in [0.5, 0.6) is 0 Å². The third-order valence-electron chi connectivity index (χ3n) is 1.22. The standard InChI is InChI=1S/C9H16O4/c1-5-11-7(3)9(10)13-8(4)12-6-2/h8H,3,5-6H2,1-2,4H3. The highest BCUT2D eigenvalue weighted by molar-refractivity contribution is 5.85. The van der Waals surface area contributed by atoms with Gasteiger partial charge in [-0.15, -0.1) is 0 Å². The monoisotopic (exact) mass is 188 g/mol. The topological polar surface area (TPSA) is 44.8 Å². The number of carbonyl (C=O) groups is 1. The fourth-order valence-electron chi connectivity index (χ4n) is 0.718. The first-order chi connectivity index (χ1) is 6.11. The Morgan fingerprint density at radius 2 is 2.00 bits per heavy atom. The van der Waals surface area contributed by atoms with Crippen molar-refractivity contribution in [3.05, 3.63) is 12.3 Å². The lowest BCUT2D eigenvalue weighted by Gasteiger charge is -2.13. The van der Waals surface area contributed by atoms with Crippen LogP contribution in [0.4, 0.5) is 0 Å². The van der Waals surface area contributed by atoms with Crippen LogP contribution in [-0.4, -0.2) is 25.5 Å². The number of esters is 1. The van der Waals surface area contributed by atoms with Gasteiger partial charge in [0, 0.05) is 6.61 Å².